The van der Waals surface area contributed by atoms with E-state index in [1.54, 1.807) is 6.07 Å². The second kappa shape index (κ2) is 8.52. The smallest absolute Gasteiger partial charge is 0.321 e. The highest BCUT2D eigenvalue weighted by molar-refractivity contribution is 5.95. The molecule has 0 unspecified atom stereocenters. The highest BCUT2D eigenvalue weighted by Crippen LogP contribution is 2.27. The van der Waals surface area contributed by atoms with Gasteiger partial charge in [0.15, 0.2) is 18.1 Å². The number of methoxy groups -OCH3 is 1. The fourth-order valence-corrected chi connectivity index (χ4v) is 1.52. The lowest BCUT2D eigenvalue weighted by atomic mass is 10.2. The van der Waals surface area contributed by atoms with Crippen molar-refractivity contribution in [3.05, 3.63) is 23.8 Å². The second-order valence-electron chi connectivity index (χ2n) is 4.60. The van der Waals surface area contributed by atoms with Crippen molar-refractivity contribution in [1.29, 1.82) is 5.26 Å². The molecule has 0 spiro atoms. The molecule has 0 aliphatic heterocycles. The van der Waals surface area contributed by atoms with E-state index in [0.717, 1.165) is 6.42 Å². The number of carbonyl (C=O) groups excluding carboxylic acids is 2. The van der Waals surface area contributed by atoms with Crippen LogP contribution in [0.25, 0.3) is 0 Å². The summed E-state index contributed by atoms with van der Waals surface area (Å²) in [6.45, 7) is 3.42. The van der Waals surface area contributed by atoms with E-state index in [9.17, 15) is 9.59 Å². The van der Waals surface area contributed by atoms with Crippen LogP contribution in [0.15, 0.2) is 18.2 Å². The Bertz CT molecular complexity index is 581. The van der Waals surface area contributed by atoms with E-state index in [1.807, 2.05) is 19.9 Å². The van der Waals surface area contributed by atoms with E-state index in [1.165, 1.54) is 19.2 Å². The molecular weight excluding hydrogens is 286 g/mol. The minimum Gasteiger partial charge on any atom is -0.493 e. The van der Waals surface area contributed by atoms with Crippen molar-refractivity contribution in [3.63, 3.8) is 0 Å². The van der Waals surface area contributed by atoms with E-state index >= 15 is 0 Å². The van der Waals surface area contributed by atoms with E-state index in [-0.39, 0.29) is 12.6 Å². The summed E-state index contributed by atoms with van der Waals surface area (Å²) in [5.41, 5.74) is 0.418. The quantitative estimate of drug-likeness (QED) is 0.831. The number of hydrogen-bond acceptors (Lipinski definition) is 5. The zero-order valence-corrected chi connectivity index (χ0v) is 12.8. The van der Waals surface area contributed by atoms with Gasteiger partial charge in [0.1, 0.15) is 0 Å². The Balaban J connectivity index is 2.54. The van der Waals surface area contributed by atoms with Crippen LogP contribution in [0.1, 0.15) is 25.8 Å². The van der Waals surface area contributed by atoms with E-state index in [4.69, 9.17) is 14.7 Å². The average Bonchev–Trinajstić information content (AvgIpc) is 2.52. The lowest BCUT2D eigenvalue weighted by molar-refractivity contribution is -0.122. The third-order valence-electron chi connectivity index (χ3n) is 2.89. The Morgan fingerprint density at radius 2 is 2.09 bits per heavy atom. The fourth-order valence-electron chi connectivity index (χ4n) is 1.52. The number of nitriles is 1. The van der Waals surface area contributed by atoms with Crippen molar-refractivity contribution in [1.82, 2.24) is 10.6 Å². The molecule has 2 N–H and O–H groups in total. The summed E-state index contributed by atoms with van der Waals surface area (Å²) in [5, 5.41) is 13.6. The lowest BCUT2D eigenvalue weighted by Gasteiger charge is -2.13. The Labute approximate surface area is 129 Å². The summed E-state index contributed by atoms with van der Waals surface area (Å²) in [6, 6.07) is 5.98. The van der Waals surface area contributed by atoms with Crippen molar-refractivity contribution in [3.8, 4) is 17.6 Å². The number of rotatable bonds is 6. The minimum atomic E-state index is -0.577. The largest absolute Gasteiger partial charge is 0.493 e. The molecular formula is C15H19N3O4. The molecule has 1 atom stereocenters. The SMILES string of the molecule is CC[C@@H](C)NC(=O)NC(=O)COc1ccc(C#N)cc1OC. The van der Waals surface area contributed by atoms with E-state index < -0.39 is 11.9 Å². The maximum atomic E-state index is 11.6. The molecule has 1 aromatic rings. The van der Waals surface area contributed by atoms with Crippen LogP contribution in [0.3, 0.4) is 0 Å². The number of urea groups is 1. The molecule has 0 saturated carbocycles. The number of nitrogens with one attached hydrogen (secondary N) is 2. The highest BCUT2D eigenvalue weighted by Gasteiger charge is 2.12. The molecule has 0 aliphatic carbocycles. The van der Waals surface area contributed by atoms with Crippen molar-refractivity contribution < 1.29 is 19.1 Å². The number of imide groups is 1. The van der Waals surface area contributed by atoms with Gasteiger partial charge in [0.25, 0.3) is 5.91 Å². The first kappa shape index (κ1) is 17.3. The maximum absolute atomic E-state index is 11.6. The number of nitrogens with zero attached hydrogens (tertiary/aromatic N) is 1. The van der Waals surface area contributed by atoms with Gasteiger partial charge in [-0.25, -0.2) is 4.79 Å². The van der Waals surface area contributed by atoms with Gasteiger partial charge in [-0.2, -0.15) is 5.26 Å². The molecule has 118 valence electrons. The van der Waals surface area contributed by atoms with Gasteiger partial charge in [0.05, 0.1) is 18.7 Å². The molecule has 7 nitrogen and oxygen atoms in total. The minimum absolute atomic E-state index is 0.0210. The molecule has 0 radical (unpaired) electrons. The second-order valence-corrected chi connectivity index (χ2v) is 4.60. The third-order valence-corrected chi connectivity index (χ3v) is 2.89. The van der Waals surface area contributed by atoms with Gasteiger partial charge in [-0.05, 0) is 25.5 Å². The van der Waals surface area contributed by atoms with Gasteiger partial charge < -0.3 is 14.8 Å². The van der Waals surface area contributed by atoms with Crippen molar-refractivity contribution in [2.45, 2.75) is 26.3 Å². The van der Waals surface area contributed by atoms with Crippen LogP contribution >= 0.6 is 0 Å². The molecule has 3 amide bonds. The first-order valence-electron chi connectivity index (χ1n) is 6.81. The Morgan fingerprint density at radius 1 is 1.36 bits per heavy atom. The maximum Gasteiger partial charge on any atom is 0.321 e. The van der Waals surface area contributed by atoms with Crippen LogP contribution in [-0.4, -0.2) is 31.7 Å². The Morgan fingerprint density at radius 3 is 2.68 bits per heavy atom. The standard InChI is InChI=1S/C15H19N3O4/c1-4-10(2)17-15(20)18-14(19)9-22-12-6-5-11(8-16)7-13(12)21-3/h5-7,10H,4,9H2,1-3H3,(H2,17,18,19,20)/t10-/m1/s1. The molecule has 0 bridgehead atoms. The number of amides is 3. The summed E-state index contributed by atoms with van der Waals surface area (Å²) in [5.74, 6) is 0.0853. The first-order chi connectivity index (χ1) is 10.5. The van der Waals surface area contributed by atoms with Gasteiger partial charge in [-0.1, -0.05) is 6.92 Å². The molecule has 7 heteroatoms. The van der Waals surface area contributed by atoms with Crippen LogP contribution in [-0.2, 0) is 4.79 Å². The zero-order chi connectivity index (χ0) is 16.5. The van der Waals surface area contributed by atoms with E-state index in [0.29, 0.717) is 17.1 Å². The highest BCUT2D eigenvalue weighted by atomic mass is 16.5. The third kappa shape index (κ3) is 5.32. The fraction of sp³-hybridized carbons (Fsp3) is 0.400. The molecule has 1 rings (SSSR count). The van der Waals surface area contributed by atoms with Gasteiger partial charge >= 0.3 is 6.03 Å². The van der Waals surface area contributed by atoms with Crippen molar-refractivity contribution >= 4 is 11.9 Å². The predicted octanol–water partition coefficient (Wildman–Crippen LogP) is 1.57. The topological polar surface area (TPSA) is 100 Å². The van der Waals surface area contributed by atoms with Crippen LogP contribution in [0.4, 0.5) is 4.79 Å². The average molecular weight is 305 g/mol. The van der Waals surface area contributed by atoms with Crippen molar-refractivity contribution in [2.75, 3.05) is 13.7 Å². The molecule has 1 aromatic carbocycles. The van der Waals surface area contributed by atoms with Crippen LogP contribution < -0.4 is 20.1 Å². The van der Waals surface area contributed by atoms with Crippen LogP contribution in [0, 0.1) is 11.3 Å². The number of benzene rings is 1. The summed E-state index contributed by atoms with van der Waals surface area (Å²) in [6.07, 6.45) is 0.764. The summed E-state index contributed by atoms with van der Waals surface area (Å²) >= 11 is 0. The monoisotopic (exact) mass is 305 g/mol. The summed E-state index contributed by atoms with van der Waals surface area (Å²) < 4.78 is 10.4. The first-order valence-corrected chi connectivity index (χ1v) is 6.81. The molecule has 0 fully saturated rings. The number of carbonyl (C=O) groups is 2. The number of hydrogen-bond donors (Lipinski definition) is 2. The normalized spacial score (nSPS) is 11.0. The van der Waals surface area contributed by atoms with E-state index in [2.05, 4.69) is 10.6 Å². The van der Waals surface area contributed by atoms with Crippen LogP contribution in [0.2, 0.25) is 0 Å². The molecule has 0 aromatic heterocycles. The molecule has 0 heterocycles. The molecule has 0 aliphatic rings. The Hall–Kier alpha value is -2.75. The lowest BCUT2D eigenvalue weighted by Crippen LogP contribution is -2.44. The zero-order valence-electron chi connectivity index (χ0n) is 12.8. The predicted molar refractivity (Wildman–Crippen MR) is 79.6 cm³/mol. The van der Waals surface area contributed by atoms with Crippen molar-refractivity contribution in [2.24, 2.45) is 0 Å². The summed E-state index contributed by atoms with van der Waals surface area (Å²) in [4.78, 5) is 23.1. The Kier molecular flexibility index (Phi) is 6.70. The van der Waals surface area contributed by atoms with Gasteiger partial charge in [0, 0.05) is 12.1 Å². The van der Waals surface area contributed by atoms with Gasteiger partial charge in [-0.3, -0.25) is 10.1 Å². The molecule has 22 heavy (non-hydrogen) atoms. The van der Waals surface area contributed by atoms with Gasteiger partial charge in [-0.15, -0.1) is 0 Å². The number of ether oxygens (including phenoxy) is 2. The summed E-state index contributed by atoms with van der Waals surface area (Å²) in [7, 11) is 1.43. The molecule has 0 saturated heterocycles. The van der Waals surface area contributed by atoms with Gasteiger partial charge in [0.2, 0.25) is 0 Å². The van der Waals surface area contributed by atoms with Crippen LogP contribution in [0.5, 0.6) is 11.5 Å².